The fourth-order valence-corrected chi connectivity index (χ4v) is 2.47. The smallest absolute Gasteiger partial charge is 0.223 e. The molecule has 1 saturated heterocycles. The standard InChI is InChI=1S/C17H27N3O2/c1-19-11-13-20(14-12-19)10-5-9-18-17(21)8-15-22-16-6-3-2-4-7-16/h2-4,6-7H,5,8-15H2,1H3,(H,18,21). The van der Waals surface area contributed by atoms with Gasteiger partial charge in [-0.25, -0.2) is 0 Å². The summed E-state index contributed by atoms with van der Waals surface area (Å²) in [4.78, 5) is 16.5. The zero-order valence-electron chi connectivity index (χ0n) is 13.5. The Hall–Kier alpha value is -1.59. The maximum atomic E-state index is 11.7. The Labute approximate surface area is 133 Å². The van der Waals surface area contributed by atoms with Crippen LogP contribution in [0.15, 0.2) is 30.3 Å². The molecule has 0 spiro atoms. The van der Waals surface area contributed by atoms with Crippen LogP contribution in [0.5, 0.6) is 5.75 Å². The molecule has 1 aromatic carbocycles. The highest BCUT2D eigenvalue weighted by atomic mass is 16.5. The van der Waals surface area contributed by atoms with Gasteiger partial charge >= 0.3 is 0 Å². The zero-order valence-corrected chi connectivity index (χ0v) is 13.5. The first-order valence-electron chi connectivity index (χ1n) is 8.09. The summed E-state index contributed by atoms with van der Waals surface area (Å²) in [6, 6.07) is 9.59. The molecule has 1 N–H and O–H groups in total. The number of carbonyl (C=O) groups excluding carboxylic acids is 1. The van der Waals surface area contributed by atoms with E-state index < -0.39 is 0 Å². The van der Waals surface area contributed by atoms with Crippen molar-refractivity contribution < 1.29 is 9.53 Å². The van der Waals surface area contributed by atoms with Crippen molar-refractivity contribution in [1.82, 2.24) is 15.1 Å². The van der Waals surface area contributed by atoms with Crippen molar-refractivity contribution in [3.05, 3.63) is 30.3 Å². The number of nitrogens with one attached hydrogen (secondary N) is 1. The summed E-state index contributed by atoms with van der Waals surface area (Å²) in [6.07, 6.45) is 1.42. The lowest BCUT2D eigenvalue weighted by Gasteiger charge is -2.32. The van der Waals surface area contributed by atoms with Gasteiger partial charge in [-0.15, -0.1) is 0 Å². The van der Waals surface area contributed by atoms with Crippen LogP contribution in [-0.2, 0) is 4.79 Å². The second kappa shape index (κ2) is 9.43. The molecular formula is C17H27N3O2. The quantitative estimate of drug-likeness (QED) is 0.733. The molecule has 1 aromatic rings. The lowest BCUT2D eigenvalue weighted by molar-refractivity contribution is -0.121. The van der Waals surface area contributed by atoms with E-state index in [1.54, 1.807) is 0 Å². The van der Waals surface area contributed by atoms with Crippen molar-refractivity contribution in [2.75, 3.05) is 52.9 Å². The molecule has 1 aliphatic heterocycles. The van der Waals surface area contributed by atoms with Gasteiger partial charge in [-0.05, 0) is 32.1 Å². The van der Waals surface area contributed by atoms with Crippen molar-refractivity contribution in [1.29, 1.82) is 0 Å². The first-order chi connectivity index (χ1) is 10.7. The number of hydrogen-bond acceptors (Lipinski definition) is 4. The molecule has 1 heterocycles. The lowest BCUT2D eigenvalue weighted by Crippen LogP contribution is -2.45. The van der Waals surface area contributed by atoms with Gasteiger partial charge in [0.15, 0.2) is 0 Å². The average molecular weight is 305 g/mol. The van der Waals surface area contributed by atoms with Crippen molar-refractivity contribution >= 4 is 5.91 Å². The molecule has 0 bridgehead atoms. The van der Waals surface area contributed by atoms with Gasteiger partial charge in [0.2, 0.25) is 5.91 Å². The second-order valence-electron chi connectivity index (χ2n) is 5.76. The molecule has 22 heavy (non-hydrogen) atoms. The van der Waals surface area contributed by atoms with Crippen LogP contribution < -0.4 is 10.1 Å². The van der Waals surface area contributed by atoms with E-state index in [1.165, 1.54) is 0 Å². The van der Waals surface area contributed by atoms with Crippen LogP contribution in [-0.4, -0.2) is 68.6 Å². The molecule has 1 amide bonds. The molecule has 1 aliphatic rings. The van der Waals surface area contributed by atoms with Crippen LogP contribution in [0, 0.1) is 0 Å². The maximum absolute atomic E-state index is 11.7. The summed E-state index contributed by atoms with van der Waals surface area (Å²) in [5.74, 6) is 0.875. The largest absolute Gasteiger partial charge is 0.493 e. The summed E-state index contributed by atoms with van der Waals surface area (Å²) >= 11 is 0. The Bertz CT molecular complexity index is 431. The Morgan fingerprint density at radius 2 is 1.91 bits per heavy atom. The van der Waals surface area contributed by atoms with Crippen LogP contribution in [0.2, 0.25) is 0 Å². The van der Waals surface area contributed by atoms with Gasteiger partial charge < -0.3 is 19.9 Å². The second-order valence-corrected chi connectivity index (χ2v) is 5.76. The summed E-state index contributed by atoms with van der Waals surface area (Å²) in [5, 5.41) is 2.96. The molecular weight excluding hydrogens is 278 g/mol. The lowest BCUT2D eigenvalue weighted by atomic mass is 10.3. The van der Waals surface area contributed by atoms with Gasteiger partial charge in [0.1, 0.15) is 5.75 Å². The number of ether oxygens (including phenoxy) is 1. The van der Waals surface area contributed by atoms with Crippen LogP contribution in [0.25, 0.3) is 0 Å². The molecule has 2 rings (SSSR count). The van der Waals surface area contributed by atoms with Gasteiger partial charge in [-0.1, -0.05) is 18.2 Å². The Morgan fingerprint density at radius 3 is 2.64 bits per heavy atom. The van der Waals surface area contributed by atoms with Crippen molar-refractivity contribution in [2.45, 2.75) is 12.8 Å². The molecule has 0 unspecified atom stereocenters. The number of para-hydroxylation sites is 1. The number of carbonyl (C=O) groups is 1. The number of rotatable bonds is 8. The van der Waals surface area contributed by atoms with E-state index in [9.17, 15) is 4.79 Å². The number of nitrogens with zero attached hydrogens (tertiary/aromatic N) is 2. The van der Waals surface area contributed by atoms with Crippen LogP contribution in [0.1, 0.15) is 12.8 Å². The third kappa shape index (κ3) is 6.45. The predicted octanol–water partition coefficient (Wildman–Crippen LogP) is 1.21. The third-order valence-corrected chi connectivity index (χ3v) is 3.91. The molecule has 0 aliphatic carbocycles. The first-order valence-corrected chi connectivity index (χ1v) is 8.09. The molecule has 0 radical (unpaired) electrons. The minimum Gasteiger partial charge on any atom is -0.493 e. The average Bonchev–Trinajstić information content (AvgIpc) is 2.54. The van der Waals surface area contributed by atoms with Crippen molar-refractivity contribution in [2.24, 2.45) is 0 Å². The minimum atomic E-state index is 0.0642. The van der Waals surface area contributed by atoms with Crippen LogP contribution in [0.3, 0.4) is 0 Å². The summed E-state index contributed by atoms with van der Waals surface area (Å²) in [7, 11) is 2.16. The molecule has 1 fully saturated rings. The number of piperazine rings is 1. The summed E-state index contributed by atoms with van der Waals surface area (Å²) in [6.45, 7) is 6.79. The number of hydrogen-bond donors (Lipinski definition) is 1. The van der Waals surface area contributed by atoms with E-state index in [2.05, 4.69) is 22.2 Å². The van der Waals surface area contributed by atoms with Crippen LogP contribution in [0.4, 0.5) is 0 Å². The monoisotopic (exact) mass is 305 g/mol. The highest BCUT2D eigenvalue weighted by Crippen LogP contribution is 2.08. The number of amides is 1. The molecule has 5 heteroatoms. The zero-order chi connectivity index (χ0) is 15.6. The summed E-state index contributed by atoms with van der Waals surface area (Å²) in [5.41, 5.74) is 0. The van der Waals surface area contributed by atoms with Crippen molar-refractivity contribution in [3.63, 3.8) is 0 Å². The van der Waals surface area contributed by atoms with E-state index in [-0.39, 0.29) is 5.91 Å². The van der Waals surface area contributed by atoms with Crippen molar-refractivity contribution in [3.8, 4) is 5.75 Å². The molecule has 0 saturated carbocycles. The van der Waals surface area contributed by atoms with Gasteiger partial charge in [-0.3, -0.25) is 4.79 Å². The van der Waals surface area contributed by atoms with E-state index >= 15 is 0 Å². The molecule has 5 nitrogen and oxygen atoms in total. The minimum absolute atomic E-state index is 0.0642. The fourth-order valence-electron chi connectivity index (χ4n) is 2.47. The van der Waals surface area contributed by atoms with E-state index in [0.29, 0.717) is 13.0 Å². The predicted molar refractivity (Wildman–Crippen MR) is 88.1 cm³/mol. The van der Waals surface area contributed by atoms with Gasteiger partial charge in [0, 0.05) is 32.7 Å². The molecule has 0 aromatic heterocycles. The van der Waals surface area contributed by atoms with Gasteiger partial charge in [0.05, 0.1) is 13.0 Å². The van der Waals surface area contributed by atoms with Crippen LogP contribution >= 0.6 is 0 Å². The first kappa shape index (κ1) is 16.8. The number of likely N-dealkylation sites (N-methyl/N-ethyl adjacent to an activating group) is 1. The summed E-state index contributed by atoms with van der Waals surface area (Å²) < 4.78 is 5.51. The maximum Gasteiger partial charge on any atom is 0.223 e. The fraction of sp³-hybridized carbons (Fsp3) is 0.588. The van der Waals surface area contributed by atoms with Gasteiger partial charge in [0.25, 0.3) is 0 Å². The Morgan fingerprint density at radius 1 is 1.18 bits per heavy atom. The van der Waals surface area contributed by atoms with E-state index in [1.807, 2.05) is 30.3 Å². The topological polar surface area (TPSA) is 44.8 Å². The highest BCUT2D eigenvalue weighted by Gasteiger charge is 2.12. The molecule has 0 atom stereocenters. The Balaban J connectivity index is 1.47. The van der Waals surface area contributed by atoms with E-state index in [0.717, 1.165) is 51.4 Å². The number of benzene rings is 1. The highest BCUT2D eigenvalue weighted by molar-refractivity contribution is 5.75. The SMILES string of the molecule is CN1CCN(CCCNC(=O)CCOc2ccccc2)CC1. The normalized spacial score (nSPS) is 16.4. The van der Waals surface area contributed by atoms with Gasteiger partial charge in [-0.2, -0.15) is 0 Å². The van der Waals surface area contributed by atoms with E-state index in [4.69, 9.17) is 4.74 Å². The Kier molecular flexibility index (Phi) is 7.19. The molecule has 122 valence electrons. The third-order valence-electron chi connectivity index (χ3n) is 3.91.